The van der Waals surface area contributed by atoms with Crippen molar-refractivity contribution >= 4 is 61.1 Å². The SMILES string of the molecule is O=C(Nc1ccc(-n2c(O)c3ccc(NCCCN4CCCCC4)cc3cc2=O)cc1)NS(=O)(=O)c1ccc(Cl)s1. The van der Waals surface area contributed by atoms with Gasteiger partial charge in [0.25, 0.3) is 15.6 Å². The second-order valence-electron chi connectivity index (χ2n) is 9.79. The molecule has 0 saturated carbocycles. The lowest BCUT2D eigenvalue weighted by Gasteiger charge is -2.26. The summed E-state index contributed by atoms with van der Waals surface area (Å²) in [5, 5.41) is 18.0. The van der Waals surface area contributed by atoms with Gasteiger partial charge in [-0.1, -0.05) is 18.0 Å². The third kappa shape index (κ3) is 7.02. The molecule has 4 aromatic rings. The first kappa shape index (κ1) is 28.9. The molecule has 41 heavy (non-hydrogen) atoms. The zero-order chi connectivity index (χ0) is 29.0. The summed E-state index contributed by atoms with van der Waals surface area (Å²) in [5.74, 6) is -0.205. The molecule has 216 valence electrons. The lowest BCUT2D eigenvalue weighted by Crippen LogP contribution is -2.33. The first-order valence-corrected chi connectivity index (χ1v) is 15.9. The number of amides is 2. The normalized spacial score (nSPS) is 14.2. The number of rotatable bonds is 9. The highest BCUT2D eigenvalue weighted by molar-refractivity contribution is 7.92. The monoisotopic (exact) mass is 615 g/mol. The van der Waals surface area contributed by atoms with Crippen LogP contribution >= 0.6 is 22.9 Å². The minimum absolute atomic E-state index is 0.0880. The number of likely N-dealkylation sites (tertiary alicyclic amines) is 1. The van der Waals surface area contributed by atoms with Gasteiger partial charge in [0.15, 0.2) is 0 Å². The van der Waals surface area contributed by atoms with Crippen molar-refractivity contribution in [1.29, 1.82) is 0 Å². The average Bonchev–Trinajstić information content (AvgIpc) is 3.39. The Morgan fingerprint density at radius 3 is 2.41 bits per heavy atom. The van der Waals surface area contributed by atoms with Crippen LogP contribution in [0.2, 0.25) is 4.34 Å². The fourth-order valence-electron chi connectivity index (χ4n) is 4.85. The van der Waals surface area contributed by atoms with Crippen LogP contribution in [0.3, 0.4) is 0 Å². The van der Waals surface area contributed by atoms with Gasteiger partial charge in [0, 0.05) is 29.4 Å². The Morgan fingerprint density at radius 1 is 0.976 bits per heavy atom. The Hall–Kier alpha value is -3.58. The van der Waals surface area contributed by atoms with Crippen molar-refractivity contribution < 1.29 is 18.3 Å². The fourth-order valence-corrected chi connectivity index (χ4v) is 7.24. The number of urea groups is 1. The maximum absolute atomic E-state index is 13.0. The number of anilines is 2. The molecule has 1 aliphatic heterocycles. The van der Waals surface area contributed by atoms with Crippen molar-refractivity contribution in [3.8, 4) is 11.6 Å². The number of hydrogen-bond acceptors (Lipinski definition) is 8. The van der Waals surface area contributed by atoms with Crippen molar-refractivity contribution in [3.05, 3.63) is 75.4 Å². The van der Waals surface area contributed by atoms with Crippen LogP contribution < -0.4 is 20.9 Å². The van der Waals surface area contributed by atoms with Gasteiger partial charge in [-0.2, -0.15) is 0 Å². The summed E-state index contributed by atoms with van der Waals surface area (Å²) in [6, 6.07) is 14.8. The van der Waals surface area contributed by atoms with E-state index in [1.807, 2.05) is 16.9 Å². The van der Waals surface area contributed by atoms with E-state index in [0.717, 1.165) is 36.5 Å². The van der Waals surface area contributed by atoms with E-state index in [-0.39, 0.29) is 20.1 Å². The molecule has 0 atom stereocenters. The van der Waals surface area contributed by atoms with Crippen molar-refractivity contribution in [3.63, 3.8) is 0 Å². The number of aromatic nitrogens is 1. The topological polar surface area (TPSA) is 133 Å². The number of aromatic hydroxyl groups is 1. The summed E-state index contributed by atoms with van der Waals surface area (Å²) in [4.78, 5) is 27.7. The predicted molar refractivity (Wildman–Crippen MR) is 163 cm³/mol. The van der Waals surface area contributed by atoms with Crippen LogP contribution in [0.5, 0.6) is 5.88 Å². The third-order valence-corrected chi connectivity index (χ3v) is 9.91. The highest BCUT2D eigenvalue weighted by Gasteiger charge is 2.20. The van der Waals surface area contributed by atoms with Crippen LogP contribution in [-0.2, 0) is 10.0 Å². The van der Waals surface area contributed by atoms with Gasteiger partial charge in [-0.05, 0) is 98.9 Å². The zero-order valence-corrected chi connectivity index (χ0v) is 24.5. The molecule has 1 fully saturated rings. The number of fused-ring (bicyclic) bond motifs is 1. The molecule has 4 N–H and O–H groups in total. The number of benzene rings is 2. The minimum atomic E-state index is -4.07. The molecule has 0 bridgehead atoms. The third-order valence-electron chi connectivity index (χ3n) is 6.86. The van der Waals surface area contributed by atoms with Crippen LogP contribution in [0.15, 0.2) is 69.7 Å². The van der Waals surface area contributed by atoms with Crippen molar-refractivity contribution in [1.82, 2.24) is 14.2 Å². The van der Waals surface area contributed by atoms with Crippen molar-refractivity contribution in [2.75, 3.05) is 36.8 Å². The van der Waals surface area contributed by atoms with Crippen LogP contribution in [0.4, 0.5) is 16.2 Å². The summed E-state index contributed by atoms with van der Waals surface area (Å²) in [7, 11) is -4.07. The highest BCUT2D eigenvalue weighted by atomic mass is 35.5. The van der Waals surface area contributed by atoms with E-state index in [9.17, 15) is 23.1 Å². The molecule has 2 amide bonds. The van der Waals surface area contributed by atoms with Crippen LogP contribution in [0, 0.1) is 0 Å². The van der Waals surface area contributed by atoms with E-state index in [0.29, 0.717) is 16.5 Å². The molecule has 2 aromatic carbocycles. The van der Waals surface area contributed by atoms with Crippen LogP contribution in [0.1, 0.15) is 25.7 Å². The number of pyridine rings is 1. The number of halogens is 1. The molecule has 0 aliphatic carbocycles. The molecule has 3 heterocycles. The zero-order valence-electron chi connectivity index (χ0n) is 22.1. The Balaban J connectivity index is 1.24. The fraction of sp³-hybridized carbons (Fsp3) is 0.286. The molecule has 0 unspecified atom stereocenters. The standard InChI is InChI=1S/C28H30ClN5O5S2/c29-24-11-12-26(40-24)41(38,39)32-28(37)31-20-5-8-22(9-6-20)34-25(35)18-19-17-21(7-10-23(19)27(34)36)30-13-4-16-33-14-2-1-3-15-33/h5-12,17-18,30,36H,1-4,13-16H2,(H2,31,32,37). The number of nitrogens with one attached hydrogen (secondary N) is 3. The smallest absolute Gasteiger partial charge is 0.333 e. The lowest BCUT2D eigenvalue weighted by atomic mass is 10.1. The number of carbonyl (C=O) groups excluding carboxylic acids is 1. The molecular weight excluding hydrogens is 586 g/mol. The molecule has 10 nitrogen and oxygen atoms in total. The van der Waals surface area contributed by atoms with Gasteiger partial charge in [0.2, 0.25) is 5.88 Å². The molecule has 1 saturated heterocycles. The second kappa shape index (κ2) is 12.5. The first-order chi connectivity index (χ1) is 19.7. The molecule has 2 aromatic heterocycles. The van der Waals surface area contributed by atoms with E-state index in [1.54, 1.807) is 6.07 Å². The Labute approximate surface area is 246 Å². The Morgan fingerprint density at radius 2 is 1.71 bits per heavy atom. The second-order valence-corrected chi connectivity index (χ2v) is 13.4. The van der Waals surface area contributed by atoms with Gasteiger partial charge in [0.05, 0.1) is 10.0 Å². The summed E-state index contributed by atoms with van der Waals surface area (Å²) >= 11 is 6.61. The van der Waals surface area contributed by atoms with Gasteiger partial charge in [-0.25, -0.2) is 22.5 Å². The average molecular weight is 616 g/mol. The maximum Gasteiger partial charge on any atom is 0.333 e. The van der Waals surface area contributed by atoms with Gasteiger partial charge in [-0.15, -0.1) is 11.3 Å². The van der Waals surface area contributed by atoms with E-state index in [2.05, 4.69) is 15.5 Å². The summed E-state index contributed by atoms with van der Waals surface area (Å²) in [5.41, 5.74) is 1.12. The van der Waals surface area contributed by atoms with E-state index >= 15 is 0 Å². The first-order valence-electron chi connectivity index (χ1n) is 13.2. The molecule has 13 heteroatoms. The number of thiophene rings is 1. The van der Waals surface area contributed by atoms with Crippen molar-refractivity contribution in [2.24, 2.45) is 0 Å². The molecule has 1 aliphatic rings. The van der Waals surface area contributed by atoms with Gasteiger partial charge in [0.1, 0.15) is 4.21 Å². The van der Waals surface area contributed by atoms with Crippen molar-refractivity contribution in [2.45, 2.75) is 29.9 Å². The van der Waals surface area contributed by atoms with Gasteiger partial charge < -0.3 is 20.6 Å². The number of hydrogen-bond donors (Lipinski definition) is 4. The maximum atomic E-state index is 13.0. The van der Waals surface area contributed by atoms with Crippen LogP contribution in [-0.4, -0.2) is 55.2 Å². The molecule has 0 radical (unpaired) electrons. The summed E-state index contributed by atoms with van der Waals surface area (Å²) < 4.78 is 27.9. The van der Waals surface area contributed by atoms with E-state index in [1.165, 1.54) is 79.4 Å². The number of nitrogens with zero attached hydrogens (tertiary/aromatic N) is 2. The summed E-state index contributed by atoms with van der Waals surface area (Å²) in [6.07, 6.45) is 4.90. The Kier molecular flexibility index (Phi) is 8.83. The minimum Gasteiger partial charge on any atom is -0.494 e. The quantitative estimate of drug-likeness (QED) is 0.190. The largest absolute Gasteiger partial charge is 0.494 e. The molecule has 0 spiro atoms. The molecular formula is C28H30ClN5O5S2. The van der Waals surface area contributed by atoms with E-state index < -0.39 is 21.6 Å². The number of sulfonamides is 1. The molecule has 5 rings (SSSR count). The summed E-state index contributed by atoms with van der Waals surface area (Å²) in [6.45, 7) is 4.23. The predicted octanol–water partition coefficient (Wildman–Crippen LogP) is 5.21. The highest BCUT2D eigenvalue weighted by Crippen LogP contribution is 2.28. The van der Waals surface area contributed by atoms with Crippen LogP contribution in [0.25, 0.3) is 16.5 Å². The van der Waals surface area contributed by atoms with Gasteiger partial charge >= 0.3 is 6.03 Å². The van der Waals surface area contributed by atoms with Gasteiger partial charge in [-0.3, -0.25) is 4.79 Å². The lowest BCUT2D eigenvalue weighted by molar-refractivity contribution is 0.228. The Bertz CT molecular complexity index is 1710. The number of carbonyl (C=O) groups is 1. The number of piperidine rings is 1. The van der Waals surface area contributed by atoms with E-state index in [4.69, 9.17) is 11.6 Å².